The maximum absolute atomic E-state index is 12.7. The monoisotopic (exact) mass is 405 g/mol. The van der Waals surface area contributed by atoms with Gasteiger partial charge in [-0.3, -0.25) is 14.6 Å². The first-order valence-corrected chi connectivity index (χ1v) is 11.1. The van der Waals surface area contributed by atoms with E-state index in [-0.39, 0.29) is 11.9 Å². The van der Waals surface area contributed by atoms with Gasteiger partial charge in [-0.15, -0.1) is 6.58 Å². The van der Waals surface area contributed by atoms with Crippen molar-refractivity contribution in [1.82, 2.24) is 14.7 Å². The van der Waals surface area contributed by atoms with E-state index in [2.05, 4.69) is 59.7 Å². The highest BCUT2D eigenvalue weighted by molar-refractivity contribution is 5.94. The van der Waals surface area contributed by atoms with E-state index in [9.17, 15) is 4.79 Å². The van der Waals surface area contributed by atoms with E-state index >= 15 is 0 Å². The molecule has 0 aliphatic carbocycles. The number of nitrogens with zero attached hydrogens (tertiary/aromatic N) is 3. The lowest BCUT2D eigenvalue weighted by Gasteiger charge is -2.39. The van der Waals surface area contributed by atoms with E-state index < -0.39 is 0 Å². The number of benzene rings is 2. The Balaban J connectivity index is 1.86. The van der Waals surface area contributed by atoms with Gasteiger partial charge in [0.1, 0.15) is 0 Å². The van der Waals surface area contributed by atoms with Gasteiger partial charge in [0, 0.05) is 51.4 Å². The second kappa shape index (κ2) is 10.6. The highest BCUT2D eigenvalue weighted by Crippen LogP contribution is 2.30. The Morgan fingerprint density at radius 1 is 0.967 bits per heavy atom. The number of hydrogen-bond donors (Lipinski definition) is 0. The maximum Gasteiger partial charge on any atom is 0.253 e. The zero-order valence-corrected chi connectivity index (χ0v) is 18.7. The molecule has 4 nitrogen and oxygen atoms in total. The summed E-state index contributed by atoms with van der Waals surface area (Å²) in [6, 6.07) is 17.3. The summed E-state index contributed by atoms with van der Waals surface area (Å²) < 4.78 is 0. The van der Waals surface area contributed by atoms with Crippen molar-refractivity contribution in [2.75, 3.05) is 45.8 Å². The smallest absolute Gasteiger partial charge is 0.253 e. The van der Waals surface area contributed by atoms with Crippen molar-refractivity contribution in [2.45, 2.75) is 26.8 Å². The summed E-state index contributed by atoms with van der Waals surface area (Å²) in [7, 11) is 0. The average molecular weight is 406 g/mol. The number of hydrogen-bond acceptors (Lipinski definition) is 3. The molecule has 1 fully saturated rings. The molecule has 1 amide bonds. The highest BCUT2D eigenvalue weighted by atomic mass is 16.2. The summed E-state index contributed by atoms with van der Waals surface area (Å²) >= 11 is 0. The molecule has 1 aliphatic rings. The van der Waals surface area contributed by atoms with Crippen LogP contribution in [0.2, 0.25) is 0 Å². The molecule has 4 heteroatoms. The SMILES string of the molecule is C=CCN1CCN(C(c2ccc(C)cc2)c2ccc(C(=O)N(CC)CC)cc2)CC1. The summed E-state index contributed by atoms with van der Waals surface area (Å²) in [5, 5.41) is 0. The van der Waals surface area contributed by atoms with Crippen LogP contribution < -0.4 is 0 Å². The number of carbonyl (C=O) groups excluding carboxylic acids is 1. The van der Waals surface area contributed by atoms with Gasteiger partial charge in [0.15, 0.2) is 0 Å². The Morgan fingerprint density at radius 2 is 1.50 bits per heavy atom. The predicted molar refractivity (Wildman–Crippen MR) is 125 cm³/mol. The first-order valence-electron chi connectivity index (χ1n) is 11.1. The van der Waals surface area contributed by atoms with E-state index in [1.54, 1.807) is 0 Å². The number of piperazine rings is 1. The summed E-state index contributed by atoms with van der Waals surface area (Å²) in [4.78, 5) is 19.6. The normalized spacial score (nSPS) is 16.2. The average Bonchev–Trinajstić information content (AvgIpc) is 2.78. The summed E-state index contributed by atoms with van der Waals surface area (Å²) in [5.41, 5.74) is 4.59. The number of aryl methyl sites for hydroxylation is 1. The minimum absolute atomic E-state index is 0.108. The summed E-state index contributed by atoms with van der Waals surface area (Å²) in [6.45, 7) is 16.6. The van der Waals surface area contributed by atoms with Crippen LogP contribution in [0, 0.1) is 6.92 Å². The number of amides is 1. The molecule has 0 saturated carbocycles. The van der Waals surface area contributed by atoms with Gasteiger partial charge in [0.2, 0.25) is 0 Å². The van der Waals surface area contributed by atoms with Crippen LogP contribution >= 0.6 is 0 Å². The maximum atomic E-state index is 12.7. The molecule has 2 aromatic carbocycles. The molecule has 160 valence electrons. The molecule has 0 radical (unpaired) electrons. The molecule has 30 heavy (non-hydrogen) atoms. The molecule has 3 rings (SSSR count). The first kappa shape index (κ1) is 22.3. The van der Waals surface area contributed by atoms with Crippen molar-refractivity contribution < 1.29 is 4.79 Å². The fourth-order valence-electron chi connectivity index (χ4n) is 4.25. The fraction of sp³-hybridized carbons (Fsp3) is 0.423. The molecule has 1 saturated heterocycles. The molecular weight excluding hydrogens is 370 g/mol. The third-order valence-corrected chi connectivity index (χ3v) is 6.08. The Morgan fingerprint density at radius 3 is 2.00 bits per heavy atom. The largest absolute Gasteiger partial charge is 0.339 e. The second-order valence-electron chi connectivity index (χ2n) is 8.04. The van der Waals surface area contributed by atoms with Crippen molar-refractivity contribution in [3.05, 3.63) is 83.4 Å². The minimum Gasteiger partial charge on any atom is -0.339 e. The lowest BCUT2D eigenvalue weighted by molar-refractivity contribution is 0.0773. The molecule has 1 heterocycles. The van der Waals surface area contributed by atoms with Gasteiger partial charge in [0.05, 0.1) is 6.04 Å². The molecule has 2 aromatic rings. The van der Waals surface area contributed by atoms with Gasteiger partial charge in [-0.1, -0.05) is 48.0 Å². The molecule has 0 spiro atoms. The number of carbonyl (C=O) groups is 1. The Hall–Kier alpha value is -2.43. The highest BCUT2D eigenvalue weighted by Gasteiger charge is 2.26. The fourth-order valence-corrected chi connectivity index (χ4v) is 4.25. The Labute approximate surface area is 181 Å². The van der Waals surface area contributed by atoms with Crippen LogP contribution in [-0.4, -0.2) is 66.4 Å². The van der Waals surface area contributed by atoms with E-state index in [1.165, 1.54) is 16.7 Å². The third kappa shape index (κ3) is 5.18. The van der Waals surface area contributed by atoms with Crippen LogP contribution in [0.5, 0.6) is 0 Å². The van der Waals surface area contributed by atoms with Crippen molar-refractivity contribution >= 4 is 5.91 Å². The lowest BCUT2D eigenvalue weighted by Crippen LogP contribution is -2.47. The predicted octanol–water partition coefficient (Wildman–Crippen LogP) is 4.37. The van der Waals surface area contributed by atoms with Gasteiger partial charge >= 0.3 is 0 Å². The minimum atomic E-state index is 0.108. The zero-order chi connectivity index (χ0) is 21.5. The molecule has 1 aliphatic heterocycles. The quantitative estimate of drug-likeness (QED) is 0.610. The van der Waals surface area contributed by atoms with Gasteiger partial charge in [0.25, 0.3) is 5.91 Å². The van der Waals surface area contributed by atoms with Gasteiger partial charge in [-0.05, 0) is 44.0 Å². The van der Waals surface area contributed by atoms with E-state index in [0.717, 1.165) is 51.4 Å². The van der Waals surface area contributed by atoms with Crippen molar-refractivity contribution in [3.8, 4) is 0 Å². The second-order valence-corrected chi connectivity index (χ2v) is 8.04. The first-order chi connectivity index (χ1) is 14.6. The Kier molecular flexibility index (Phi) is 7.83. The molecular formula is C26H35N3O. The standard InChI is InChI=1S/C26H35N3O/c1-5-16-27-17-19-29(20-18-27)25(22-10-8-21(4)9-11-22)23-12-14-24(15-13-23)26(30)28(6-2)7-3/h5,8-15,25H,1,6-7,16-20H2,2-4H3. The zero-order valence-electron chi connectivity index (χ0n) is 18.7. The molecule has 1 unspecified atom stereocenters. The van der Waals surface area contributed by atoms with Crippen LogP contribution in [-0.2, 0) is 0 Å². The molecule has 0 aromatic heterocycles. The van der Waals surface area contributed by atoms with E-state index in [4.69, 9.17) is 0 Å². The van der Waals surface area contributed by atoms with Gasteiger partial charge < -0.3 is 4.90 Å². The van der Waals surface area contributed by atoms with E-state index in [1.807, 2.05) is 37.0 Å². The van der Waals surface area contributed by atoms with E-state index in [0.29, 0.717) is 0 Å². The third-order valence-electron chi connectivity index (χ3n) is 6.08. The number of rotatable bonds is 8. The lowest BCUT2D eigenvalue weighted by atomic mass is 9.94. The molecule has 0 bridgehead atoms. The van der Waals surface area contributed by atoms with Crippen LogP contribution in [0.3, 0.4) is 0 Å². The van der Waals surface area contributed by atoms with Gasteiger partial charge in [-0.2, -0.15) is 0 Å². The van der Waals surface area contributed by atoms with Crippen LogP contribution in [0.4, 0.5) is 0 Å². The van der Waals surface area contributed by atoms with Gasteiger partial charge in [-0.25, -0.2) is 0 Å². The molecule has 0 N–H and O–H groups in total. The van der Waals surface area contributed by atoms with Crippen LogP contribution in [0.15, 0.2) is 61.2 Å². The van der Waals surface area contributed by atoms with Crippen molar-refractivity contribution in [2.24, 2.45) is 0 Å². The summed E-state index contributed by atoms with van der Waals surface area (Å²) in [5.74, 6) is 0.108. The van der Waals surface area contributed by atoms with Crippen molar-refractivity contribution in [3.63, 3.8) is 0 Å². The van der Waals surface area contributed by atoms with Crippen LogP contribution in [0.1, 0.15) is 46.9 Å². The summed E-state index contributed by atoms with van der Waals surface area (Å²) in [6.07, 6.45) is 1.98. The van der Waals surface area contributed by atoms with Crippen LogP contribution in [0.25, 0.3) is 0 Å². The molecule has 1 atom stereocenters. The van der Waals surface area contributed by atoms with Crippen molar-refractivity contribution in [1.29, 1.82) is 0 Å². The Bertz CT molecular complexity index is 816. The topological polar surface area (TPSA) is 26.8 Å².